The Morgan fingerprint density at radius 3 is 2.46 bits per heavy atom. The molecule has 2 N–H and O–H groups in total. The van der Waals surface area contributed by atoms with Crippen molar-refractivity contribution in [3.8, 4) is 16.9 Å². The molecule has 6 nitrogen and oxygen atoms in total. The topological polar surface area (TPSA) is 76.1 Å². The predicted molar refractivity (Wildman–Crippen MR) is 157 cm³/mol. The summed E-state index contributed by atoms with van der Waals surface area (Å²) < 4.78 is 48.2. The molecule has 214 valence electrons. The van der Waals surface area contributed by atoms with Gasteiger partial charge in [-0.25, -0.2) is 23.1 Å². The monoisotopic (exact) mass is 562 g/mol. The quantitative estimate of drug-likeness (QED) is 0.210. The summed E-state index contributed by atoms with van der Waals surface area (Å²) in [6.07, 6.45) is 3.49. The van der Waals surface area contributed by atoms with E-state index in [1.54, 1.807) is 45.0 Å². The minimum absolute atomic E-state index is 0.158. The Morgan fingerprint density at radius 1 is 1.05 bits per heavy atom. The third-order valence-electron chi connectivity index (χ3n) is 6.67. The minimum Gasteiger partial charge on any atom is -0.494 e. The van der Waals surface area contributed by atoms with Gasteiger partial charge in [0.15, 0.2) is 5.83 Å². The summed E-state index contributed by atoms with van der Waals surface area (Å²) in [5, 5.41) is 6.48. The van der Waals surface area contributed by atoms with Crippen molar-refractivity contribution in [3.05, 3.63) is 84.0 Å². The lowest BCUT2D eigenvalue weighted by Gasteiger charge is -2.19. The molecule has 0 aliphatic carbocycles. The molecule has 0 fully saturated rings. The van der Waals surface area contributed by atoms with Crippen LogP contribution in [0.3, 0.4) is 0 Å². The molecule has 1 amide bonds. The van der Waals surface area contributed by atoms with Crippen molar-refractivity contribution >= 4 is 34.0 Å². The first-order valence-electron chi connectivity index (χ1n) is 13.3. The summed E-state index contributed by atoms with van der Waals surface area (Å²) >= 11 is 0. The first kappa shape index (κ1) is 29.6. The van der Waals surface area contributed by atoms with Gasteiger partial charge in [0.1, 0.15) is 29.5 Å². The van der Waals surface area contributed by atoms with E-state index in [-0.39, 0.29) is 17.2 Å². The molecule has 1 heterocycles. The van der Waals surface area contributed by atoms with Gasteiger partial charge in [-0.05, 0) is 59.2 Å². The Bertz CT molecular complexity index is 1630. The number of benzene rings is 3. The molecular formula is C32H33F3N4O2. The normalized spacial score (nSPS) is 12.8. The van der Waals surface area contributed by atoms with Crippen molar-refractivity contribution < 1.29 is 22.7 Å². The van der Waals surface area contributed by atoms with Crippen molar-refractivity contribution in [2.45, 2.75) is 47.0 Å². The van der Waals surface area contributed by atoms with Crippen LogP contribution in [0.25, 0.3) is 22.0 Å². The van der Waals surface area contributed by atoms with Gasteiger partial charge in [0.25, 0.3) is 5.91 Å². The molecule has 0 saturated heterocycles. The molecule has 9 heteroatoms. The Kier molecular flexibility index (Phi) is 8.66. The van der Waals surface area contributed by atoms with E-state index in [4.69, 9.17) is 4.74 Å². The number of ether oxygens (including phenoxy) is 1. The highest BCUT2D eigenvalue weighted by molar-refractivity contribution is 6.05. The number of carbonyl (C=O) groups excluding carboxylic acids is 1. The number of halogens is 3. The van der Waals surface area contributed by atoms with E-state index < -0.39 is 28.8 Å². The van der Waals surface area contributed by atoms with Crippen molar-refractivity contribution in [1.82, 2.24) is 9.97 Å². The average molecular weight is 563 g/mol. The maximum Gasteiger partial charge on any atom is 0.284 e. The lowest BCUT2D eigenvalue weighted by molar-refractivity contribution is -0.114. The molecule has 1 aromatic heterocycles. The second-order valence-corrected chi connectivity index (χ2v) is 11.0. The molecule has 0 aliphatic rings. The van der Waals surface area contributed by atoms with Crippen LogP contribution in [0.2, 0.25) is 0 Å². The molecule has 0 bridgehead atoms. The third-order valence-corrected chi connectivity index (χ3v) is 6.67. The molecule has 4 aromatic rings. The smallest absolute Gasteiger partial charge is 0.284 e. The number of nitrogens with one attached hydrogen (secondary N) is 2. The van der Waals surface area contributed by atoms with E-state index >= 15 is 0 Å². The maximum atomic E-state index is 14.6. The standard InChI is InChI=1S/C32H33F3N4O2/c1-7-18(2)21-10-8-19(22-11-9-20(33)13-24(22)34)12-27(21)38-30-23-14-28(29(41-6)15-26(23)36-17-37-30)39-31(40)25(35)16-32(3,4)5/h8-18H,7H2,1-6H3,(H,39,40)(H,36,37,38)/b25-16+. The van der Waals surface area contributed by atoms with Crippen LogP contribution in [0.1, 0.15) is 52.5 Å². The zero-order valence-corrected chi connectivity index (χ0v) is 23.9. The van der Waals surface area contributed by atoms with Gasteiger partial charge < -0.3 is 15.4 Å². The Morgan fingerprint density at radius 2 is 1.80 bits per heavy atom. The molecule has 0 spiro atoms. The average Bonchev–Trinajstić information content (AvgIpc) is 2.91. The Labute approximate surface area is 237 Å². The molecule has 3 aromatic carbocycles. The van der Waals surface area contributed by atoms with Crippen LogP contribution in [-0.2, 0) is 4.79 Å². The summed E-state index contributed by atoms with van der Waals surface area (Å²) in [6.45, 7) is 9.52. The Hall–Kier alpha value is -4.40. The van der Waals surface area contributed by atoms with Crippen molar-refractivity contribution in [1.29, 1.82) is 0 Å². The summed E-state index contributed by atoms with van der Waals surface area (Å²) in [7, 11) is 1.44. The fourth-order valence-corrected chi connectivity index (χ4v) is 4.41. The SMILES string of the molecule is CCC(C)c1ccc(-c2ccc(F)cc2F)cc1Nc1ncnc2cc(OC)c(NC(=O)/C(F)=C\C(C)(C)C)cc12. The highest BCUT2D eigenvalue weighted by Crippen LogP contribution is 2.37. The fourth-order valence-electron chi connectivity index (χ4n) is 4.41. The van der Waals surface area contributed by atoms with Crippen molar-refractivity contribution in [3.63, 3.8) is 0 Å². The van der Waals surface area contributed by atoms with Gasteiger partial charge in [0.05, 0.1) is 18.3 Å². The number of fused-ring (bicyclic) bond motifs is 1. The number of hydrogen-bond donors (Lipinski definition) is 2. The van der Waals surface area contributed by atoms with Crippen LogP contribution in [0, 0.1) is 17.0 Å². The number of methoxy groups -OCH3 is 1. The zero-order valence-electron chi connectivity index (χ0n) is 23.9. The Balaban J connectivity index is 1.80. The number of aromatic nitrogens is 2. The van der Waals surface area contributed by atoms with Gasteiger partial charge in [-0.3, -0.25) is 4.79 Å². The van der Waals surface area contributed by atoms with E-state index in [0.29, 0.717) is 33.7 Å². The molecule has 1 atom stereocenters. The van der Waals surface area contributed by atoms with E-state index in [1.165, 1.54) is 31.6 Å². The lowest BCUT2D eigenvalue weighted by Crippen LogP contribution is -2.15. The highest BCUT2D eigenvalue weighted by atomic mass is 19.1. The van der Waals surface area contributed by atoms with Gasteiger partial charge >= 0.3 is 0 Å². The second-order valence-electron chi connectivity index (χ2n) is 11.0. The van der Waals surface area contributed by atoms with Gasteiger partial charge in [0.2, 0.25) is 0 Å². The van der Waals surface area contributed by atoms with E-state index in [0.717, 1.165) is 18.1 Å². The van der Waals surface area contributed by atoms with Crippen molar-refractivity contribution in [2.24, 2.45) is 5.41 Å². The first-order valence-corrected chi connectivity index (χ1v) is 13.3. The third kappa shape index (κ3) is 6.85. The molecule has 0 saturated carbocycles. The largest absolute Gasteiger partial charge is 0.494 e. The summed E-state index contributed by atoms with van der Waals surface area (Å²) in [4.78, 5) is 21.4. The van der Waals surface area contributed by atoms with Crippen LogP contribution in [-0.4, -0.2) is 23.0 Å². The van der Waals surface area contributed by atoms with Gasteiger partial charge in [-0.1, -0.05) is 46.8 Å². The first-order chi connectivity index (χ1) is 19.4. The van der Waals surface area contributed by atoms with Crippen LogP contribution in [0.4, 0.5) is 30.4 Å². The summed E-state index contributed by atoms with van der Waals surface area (Å²) in [5.41, 5.74) is 2.71. The van der Waals surface area contributed by atoms with E-state index in [2.05, 4.69) is 34.4 Å². The second kappa shape index (κ2) is 12.0. The number of amides is 1. The number of hydrogen-bond acceptors (Lipinski definition) is 5. The van der Waals surface area contributed by atoms with Crippen LogP contribution < -0.4 is 15.4 Å². The molecular weight excluding hydrogens is 529 g/mol. The number of nitrogens with zero attached hydrogens (tertiary/aromatic N) is 2. The molecule has 0 radical (unpaired) electrons. The molecule has 1 unspecified atom stereocenters. The fraction of sp³-hybridized carbons (Fsp3) is 0.281. The number of allylic oxidation sites excluding steroid dienone is 1. The van der Waals surface area contributed by atoms with Crippen LogP contribution >= 0.6 is 0 Å². The zero-order chi connectivity index (χ0) is 29.9. The van der Waals surface area contributed by atoms with E-state index in [1.807, 2.05) is 6.07 Å². The number of anilines is 3. The summed E-state index contributed by atoms with van der Waals surface area (Å²) in [5.74, 6) is -2.26. The van der Waals surface area contributed by atoms with Gasteiger partial charge in [-0.15, -0.1) is 0 Å². The van der Waals surface area contributed by atoms with Crippen LogP contribution in [0.5, 0.6) is 5.75 Å². The van der Waals surface area contributed by atoms with Crippen LogP contribution in [0.15, 0.2) is 66.8 Å². The van der Waals surface area contributed by atoms with E-state index in [9.17, 15) is 18.0 Å². The minimum atomic E-state index is -0.912. The highest BCUT2D eigenvalue weighted by Gasteiger charge is 2.19. The number of carbonyl (C=O) groups is 1. The lowest BCUT2D eigenvalue weighted by atomic mass is 9.93. The van der Waals surface area contributed by atoms with Gasteiger partial charge in [-0.2, -0.15) is 0 Å². The molecule has 4 rings (SSSR count). The number of rotatable bonds is 8. The predicted octanol–water partition coefficient (Wildman–Crippen LogP) is 8.68. The summed E-state index contributed by atoms with van der Waals surface area (Å²) in [6, 6.07) is 12.2. The van der Waals surface area contributed by atoms with Crippen molar-refractivity contribution in [2.75, 3.05) is 17.7 Å². The molecule has 0 aliphatic heterocycles. The van der Waals surface area contributed by atoms with Gasteiger partial charge in [0, 0.05) is 28.8 Å². The molecule has 41 heavy (non-hydrogen) atoms. The maximum absolute atomic E-state index is 14.6.